The molecule has 4 rings (SSSR count). The van der Waals surface area contributed by atoms with E-state index in [0.29, 0.717) is 5.01 Å². The molecule has 1 atom stereocenters. The summed E-state index contributed by atoms with van der Waals surface area (Å²) in [6, 6.07) is -0.772. The highest BCUT2D eigenvalue weighted by Crippen LogP contribution is 2.44. The molecule has 0 spiro atoms. The number of nitrogens with zero attached hydrogens (tertiary/aromatic N) is 3. The summed E-state index contributed by atoms with van der Waals surface area (Å²) in [4.78, 5) is 21.9. The molecule has 0 bridgehead atoms. The lowest BCUT2D eigenvalue weighted by Gasteiger charge is -2.21. The summed E-state index contributed by atoms with van der Waals surface area (Å²) < 4.78 is 17.0. The summed E-state index contributed by atoms with van der Waals surface area (Å²) in [5.74, 6) is 0. The number of aliphatic hydroxyl groups excluding tert-OH is 2. The van der Waals surface area contributed by atoms with Gasteiger partial charge in [-0.2, -0.15) is 0 Å². The average Bonchev–Trinajstić information content (AvgIpc) is 3.46. The molecular weight excluding hydrogens is 450 g/mol. The number of hydrogen-bond acceptors (Lipinski definition) is 7. The van der Waals surface area contributed by atoms with Gasteiger partial charge >= 0.3 is 6.03 Å². The van der Waals surface area contributed by atoms with Crippen molar-refractivity contribution in [2.45, 2.75) is 67.9 Å². The Kier molecular flexibility index (Phi) is 5.91. The highest BCUT2D eigenvalue weighted by atomic mass is 32.2. The van der Waals surface area contributed by atoms with Gasteiger partial charge in [0.2, 0.25) is 0 Å². The topological polar surface area (TPSA) is 151 Å². The molecule has 5 N–H and O–H groups in total. The van der Waals surface area contributed by atoms with E-state index in [2.05, 4.69) is 28.5 Å². The van der Waals surface area contributed by atoms with Gasteiger partial charge in [-0.1, -0.05) is 13.8 Å². The minimum atomic E-state index is -3.55. The molecule has 0 radical (unpaired) electrons. The largest absolute Gasteiger partial charge is 0.395 e. The molecule has 0 aromatic carbocycles. The van der Waals surface area contributed by atoms with Crippen LogP contribution >= 0.6 is 11.3 Å². The van der Waals surface area contributed by atoms with E-state index < -0.39 is 21.4 Å². The highest BCUT2D eigenvalue weighted by Gasteiger charge is 2.36. The zero-order chi connectivity index (χ0) is 23.3. The number of aryl methyl sites for hydroxylation is 1. The molecule has 32 heavy (non-hydrogen) atoms. The number of thiazole rings is 1. The molecule has 2 aromatic rings. The van der Waals surface area contributed by atoms with Crippen molar-refractivity contribution in [3.8, 4) is 0 Å². The number of urea groups is 1. The number of amides is 2. The van der Waals surface area contributed by atoms with E-state index in [9.17, 15) is 19.2 Å². The van der Waals surface area contributed by atoms with Crippen molar-refractivity contribution < 1.29 is 19.2 Å². The summed E-state index contributed by atoms with van der Waals surface area (Å²) in [6.07, 6.45) is 5.75. The number of aromatic nitrogens is 2. The Balaban J connectivity index is 1.66. The summed E-state index contributed by atoms with van der Waals surface area (Å²) in [5, 5.41) is 28.3. The molecule has 0 saturated carbocycles. The molecule has 0 fully saturated rings. The Morgan fingerprint density at radius 2 is 2.03 bits per heavy atom. The first-order valence-corrected chi connectivity index (χ1v) is 13.0. The van der Waals surface area contributed by atoms with Crippen LogP contribution in [0.5, 0.6) is 0 Å². The second-order valence-electron chi connectivity index (χ2n) is 9.43. The Labute approximate surface area is 191 Å². The summed E-state index contributed by atoms with van der Waals surface area (Å²) in [5.41, 5.74) is 3.79. The first-order chi connectivity index (χ1) is 15.0. The van der Waals surface area contributed by atoms with Crippen LogP contribution in [0.25, 0.3) is 0 Å². The van der Waals surface area contributed by atoms with Crippen LogP contribution in [-0.4, -0.2) is 43.6 Å². The molecule has 1 unspecified atom stereocenters. The van der Waals surface area contributed by atoms with Crippen LogP contribution in [0.15, 0.2) is 14.8 Å². The van der Waals surface area contributed by atoms with Gasteiger partial charge in [0.15, 0.2) is 9.92 Å². The van der Waals surface area contributed by atoms with E-state index >= 15 is 0 Å². The number of carbonyl (C=O) groups excluding carboxylic acids is 1. The maximum atomic E-state index is 13.1. The molecule has 2 heterocycles. The van der Waals surface area contributed by atoms with Crippen molar-refractivity contribution in [3.05, 3.63) is 33.7 Å². The van der Waals surface area contributed by atoms with Crippen molar-refractivity contribution in [2.75, 3.05) is 18.5 Å². The van der Waals surface area contributed by atoms with Gasteiger partial charge in [-0.3, -0.25) is 4.98 Å². The fourth-order valence-electron chi connectivity index (χ4n) is 4.29. The molecule has 0 saturated heterocycles. The van der Waals surface area contributed by atoms with E-state index in [1.54, 1.807) is 6.92 Å². The lowest BCUT2D eigenvalue weighted by atomic mass is 9.90. The maximum absolute atomic E-state index is 13.1. The van der Waals surface area contributed by atoms with Gasteiger partial charge in [-0.15, -0.1) is 15.7 Å². The number of anilines is 1. The second kappa shape index (κ2) is 8.14. The number of carbonyl (C=O) groups is 1. The summed E-state index contributed by atoms with van der Waals surface area (Å²) >= 11 is 0.969. The maximum Gasteiger partial charge on any atom is 0.354 e. The van der Waals surface area contributed by atoms with E-state index in [0.717, 1.165) is 71.6 Å². The predicted octanol–water partition coefficient (Wildman–Crippen LogP) is 2.43. The normalized spacial score (nSPS) is 18.7. The molecule has 2 aliphatic carbocycles. The van der Waals surface area contributed by atoms with Crippen LogP contribution in [-0.2, 0) is 40.0 Å². The van der Waals surface area contributed by atoms with Gasteiger partial charge in [-0.05, 0) is 50.2 Å². The minimum absolute atomic E-state index is 0.0594. The number of nitrogens with one attached hydrogen (secondary N) is 1. The fraction of sp³-hybridized carbons (Fsp3) is 0.571. The van der Waals surface area contributed by atoms with Crippen LogP contribution in [0.1, 0.15) is 61.1 Å². The average molecular weight is 480 g/mol. The Bertz CT molecular complexity index is 1190. The van der Waals surface area contributed by atoms with Gasteiger partial charge in [0.1, 0.15) is 9.22 Å². The monoisotopic (exact) mass is 479 g/mol. The van der Waals surface area contributed by atoms with Gasteiger partial charge in [0.25, 0.3) is 0 Å². The van der Waals surface area contributed by atoms with Crippen LogP contribution in [0.3, 0.4) is 0 Å². The lowest BCUT2D eigenvalue weighted by molar-refractivity contribution is 0.129. The van der Waals surface area contributed by atoms with Gasteiger partial charge in [0.05, 0.1) is 36.2 Å². The molecule has 0 aliphatic heterocycles. The SMILES string of the molecule is CC1(C)CCc2c1nc1c(c2NC(=O)N=S(N)(=O)c2cnc(C(C)(CO)CO)s2)CCC1. The van der Waals surface area contributed by atoms with E-state index in [1.807, 2.05) is 0 Å². The van der Waals surface area contributed by atoms with Crippen molar-refractivity contribution in [2.24, 2.45) is 9.50 Å². The molecular formula is C21H29N5O4S2. The molecule has 9 nitrogen and oxygen atoms in total. The zero-order valence-electron chi connectivity index (χ0n) is 18.5. The lowest BCUT2D eigenvalue weighted by Crippen LogP contribution is -2.30. The standard InChI is InChI=1S/C21H29N5O4S2/c1-20(2)8-7-13-16(12-5-4-6-14(12)24-17(13)20)25-19(29)26-32(22,30)15-9-23-18(31-15)21(3,10-27)11-28/h9,27-28H,4-8,10-11H2,1-3H3,(H3,22,24,25,26,29,30). The van der Waals surface area contributed by atoms with E-state index in [4.69, 9.17) is 10.1 Å². The number of hydrogen-bond donors (Lipinski definition) is 4. The summed E-state index contributed by atoms with van der Waals surface area (Å²) in [7, 11) is -3.55. The number of nitrogens with two attached hydrogens (primary N) is 1. The van der Waals surface area contributed by atoms with Crippen LogP contribution in [0.2, 0.25) is 0 Å². The summed E-state index contributed by atoms with van der Waals surface area (Å²) in [6.45, 7) is 5.26. The van der Waals surface area contributed by atoms with Crippen LogP contribution in [0, 0.1) is 0 Å². The van der Waals surface area contributed by atoms with Crippen molar-refractivity contribution >= 4 is 33.0 Å². The quantitative estimate of drug-likeness (QED) is 0.517. The third-order valence-electron chi connectivity index (χ3n) is 6.40. The smallest absolute Gasteiger partial charge is 0.354 e. The Hall–Kier alpha value is -1.92. The molecule has 2 aliphatic rings. The minimum Gasteiger partial charge on any atom is -0.395 e. The molecule has 2 amide bonds. The third-order valence-corrected chi connectivity index (χ3v) is 9.59. The first kappa shape index (κ1) is 23.2. The number of rotatable bonds is 5. The van der Waals surface area contributed by atoms with Gasteiger partial charge in [-0.25, -0.2) is 19.1 Å². The predicted molar refractivity (Wildman–Crippen MR) is 123 cm³/mol. The fourth-order valence-corrected chi connectivity index (χ4v) is 6.48. The molecule has 11 heteroatoms. The van der Waals surface area contributed by atoms with Crippen LogP contribution in [0.4, 0.5) is 10.5 Å². The van der Waals surface area contributed by atoms with Gasteiger partial charge < -0.3 is 15.5 Å². The third kappa shape index (κ3) is 3.96. The number of fused-ring (bicyclic) bond motifs is 2. The van der Waals surface area contributed by atoms with Crippen molar-refractivity contribution in [1.29, 1.82) is 0 Å². The van der Waals surface area contributed by atoms with Crippen molar-refractivity contribution in [1.82, 2.24) is 9.97 Å². The molecule has 174 valence electrons. The van der Waals surface area contributed by atoms with Gasteiger partial charge in [0, 0.05) is 11.1 Å². The Morgan fingerprint density at radius 1 is 1.31 bits per heavy atom. The van der Waals surface area contributed by atoms with E-state index in [1.165, 1.54) is 6.20 Å². The highest BCUT2D eigenvalue weighted by molar-refractivity contribution is 7.93. The second-order valence-corrected chi connectivity index (χ2v) is 12.5. The number of aliphatic hydroxyl groups is 2. The zero-order valence-corrected chi connectivity index (χ0v) is 20.1. The van der Waals surface area contributed by atoms with Crippen molar-refractivity contribution in [3.63, 3.8) is 0 Å². The Morgan fingerprint density at radius 3 is 2.72 bits per heavy atom. The van der Waals surface area contributed by atoms with E-state index in [-0.39, 0.29) is 22.8 Å². The van der Waals surface area contributed by atoms with Crippen LogP contribution < -0.4 is 10.5 Å². The molecule has 2 aromatic heterocycles. The number of pyridine rings is 1. The first-order valence-electron chi connectivity index (χ1n) is 10.6.